The lowest BCUT2D eigenvalue weighted by Crippen LogP contribution is -2.46. The van der Waals surface area contributed by atoms with Gasteiger partial charge in [-0.1, -0.05) is 0 Å². The summed E-state index contributed by atoms with van der Waals surface area (Å²) >= 11 is 0. The zero-order valence-corrected chi connectivity index (χ0v) is 10.4. The molecule has 0 unspecified atom stereocenters. The molecule has 0 aromatic carbocycles. The van der Waals surface area contributed by atoms with Gasteiger partial charge in [-0.25, -0.2) is 0 Å². The Bertz CT molecular complexity index is 298. The number of carbonyl (C=O) groups excluding carboxylic acids is 1. The highest BCUT2D eigenvalue weighted by molar-refractivity contribution is 5.79. The zero-order chi connectivity index (χ0) is 12.3. The van der Waals surface area contributed by atoms with Crippen LogP contribution in [0.3, 0.4) is 0 Å². The number of rotatable bonds is 2. The van der Waals surface area contributed by atoms with Crippen LogP contribution in [-0.2, 0) is 4.79 Å². The minimum atomic E-state index is -0.701. The summed E-state index contributed by atoms with van der Waals surface area (Å²) in [4.78, 5) is 13.8. The van der Waals surface area contributed by atoms with Crippen LogP contribution in [-0.4, -0.2) is 29.4 Å². The van der Waals surface area contributed by atoms with E-state index in [0.29, 0.717) is 12.8 Å². The van der Waals surface area contributed by atoms with E-state index in [2.05, 4.69) is 6.07 Å². The van der Waals surface area contributed by atoms with Crippen molar-refractivity contribution in [2.75, 3.05) is 7.05 Å². The van der Waals surface area contributed by atoms with E-state index in [1.165, 1.54) is 0 Å². The van der Waals surface area contributed by atoms with E-state index in [0.717, 1.165) is 12.8 Å². The molecule has 1 aliphatic carbocycles. The highest BCUT2D eigenvalue weighted by atomic mass is 16.2. The molecule has 0 bridgehead atoms. The van der Waals surface area contributed by atoms with Crippen LogP contribution in [0.2, 0.25) is 0 Å². The molecule has 1 rings (SSSR count). The van der Waals surface area contributed by atoms with Crippen molar-refractivity contribution in [1.82, 2.24) is 4.90 Å². The molecular formula is C12H21N3O. The molecule has 4 heteroatoms. The molecule has 1 saturated carbocycles. The first-order valence-corrected chi connectivity index (χ1v) is 5.86. The fourth-order valence-electron chi connectivity index (χ4n) is 2.03. The Labute approximate surface area is 97.4 Å². The molecule has 0 saturated heterocycles. The van der Waals surface area contributed by atoms with E-state index in [9.17, 15) is 4.79 Å². The summed E-state index contributed by atoms with van der Waals surface area (Å²) < 4.78 is 0. The summed E-state index contributed by atoms with van der Waals surface area (Å²) in [6, 6.07) is 2.37. The van der Waals surface area contributed by atoms with Gasteiger partial charge in [0.05, 0.1) is 6.07 Å². The molecule has 4 nitrogen and oxygen atoms in total. The Morgan fingerprint density at radius 3 is 2.38 bits per heavy atom. The third kappa shape index (κ3) is 2.73. The molecule has 0 spiro atoms. The lowest BCUT2D eigenvalue weighted by atomic mass is 9.77. The summed E-state index contributed by atoms with van der Waals surface area (Å²) in [7, 11) is 1.83. The van der Waals surface area contributed by atoms with Crippen LogP contribution in [0.4, 0.5) is 0 Å². The molecule has 0 atom stereocenters. The number of carbonyl (C=O) groups is 1. The van der Waals surface area contributed by atoms with Crippen molar-refractivity contribution >= 4 is 5.91 Å². The second kappa shape index (κ2) is 4.84. The van der Waals surface area contributed by atoms with Crippen molar-refractivity contribution < 1.29 is 4.79 Å². The van der Waals surface area contributed by atoms with Gasteiger partial charge in [0.1, 0.15) is 5.54 Å². The molecule has 0 aliphatic heterocycles. The maximum absolute atomic E-state index is 12.0. The highest BCUT2D eigenvalue weighted by Gasteiger charge is 2.35. The standard InChI is InChI=1S/C12H21N3O/c1-9(2)15(3)11(16)10-4-6-12(14,8-13)7-5-10/h9-10H,4-7,14H2,1-3H3. The fraction of sp³-hybridized carbons (Fsp3) is 0.833. The number of nitrogens with two attached hydrogens (primary N) is 1. The average Bonchev–Trinajstić information content (AvgIpc) is 2.28. The molecule has 90 valence electrons. The quantitative estimate of drug-likeness (QED) is 0.766. The second-order valence-electron chi connectivity index (χ2n) is 5.09. The van der Waals surface area contributed by atoms with Crippen molar-refractivity contribution in [3.8, 4) is 6.07 Å². The lowest BCUT2D eigenvalue weighted by Gasteiger charge is -2.34. The van der Waals surface area contributed by atoms with E-state index < -0.39 is 5.54 Å². The molecule has 1 fully saturated rings. The van der Waals surface area contributed by atoms with Crippen LogP contribution in [0.25, 0.3) is 0 Å². The molecule has 0 radical (unpaired) electrons. The van der Waals surface area contributed by atoms with Gasteiger partial charge in [0.15, 0.2) is 0 Å². The highest BCUT2D eigenvalue weighted by Crippen LogP contribution is 2.31. The Kier molecular flexibility index (Phi) is 3.93. The monoisotopic (exact) mass is 223 g/mol. The Morgan fingerprint density at radius 1 is 1.50 bits per heavy atom. The number of nitrogens with zero attached hydrogens (tertiary/aromatic N) is 2. The molecule has 0 aromatic heterocycles. The van der Waals surface area contributed by atoms with Gasteiger partial charge >= 0.3 is 0 Å². The van der Waals surface area contributed by atoms with Gasteiger partial charge in [-0.05, 0) is 39.5 Å². The van der Waals surface area contributed by atoms with Crippen molar-refractivity contribution in [2.45, 2.75) is 51.1 Å². The Hall–Kier alpha value is -1.08. The fourth-order valence-corrected chi connectivity index (χ4v) is 2.03. The van der Waals surface area contributed by atoms with E-state index in [1.54, 1.807) is 4.90 Å². The minimum absolute atomic E-state index is 0.0532. The van der Waals surface area contributed by atoms with Crippen LogP contribution in [0.1, 0.15) is 39.5 Å². The lowest BCUT2D eigenvalue weighted by molar-refractivity contribution is -0.136. The topological polar surface area (TPSA) is 70.1 Å². The zero-order valence-electron chi connectivity index (χ0n) is 10.4. The Balaban J connectivity index is 2.55. The molecule has 2 N–H and O–H groups in total. The summed E-state index contributed by atoms with van der Waals surface area (Å²) in [5, 5.41) is 8.90. The molecule has 1 amide bonds. The minimum Gasteiger partial charge on any atom is -0.343 e. The van der Waals surface area contributed by atoms with Crippen LogP contribution in [0.15, 0.2) is 0 Å². The number of hydrogen-bond donors (Lipinski definition) is 1. The van der Waals surface area contributed by atoms with E-state index >= 15 is 0 Å². The molecule has 16 heavy (non-hydrogen) atoms. The summed E-state index contributed by atoms with van der Waals surface area (Å²) in [6.07, 6.45) is 2.73. The smallest absolute Gasteiger partial charge is 0.225 e. The second-order valence-corrected chi connectivity index (χ2v) is 5.09. The molecular weight excluding hydrogens is 202 g/mol. The average molecular weight is 223 g/mol. The normalized spacial score (nSPS) is 29.9. The maximum Gasteiger partial charge on any atom is 0.225 e. The van der Waals surface area contributed by atoms with E-state index in [1.807, 2.05) is 20.9 Å². The van der Waals surface area contributed by atoms with Gasteiger partial charge in [0.2, 0.25) is 5.91 Å². The Morgan fingerprint density at radius 2 is 2.00 bits per heavy atom. The number of nitriles is 1. The SMILES string of the molecule is CC(C)N(C)C(=O)C1CCC(N)(C#N)CC1. The predicted octanol–water partition coefficient (Wildman–Crippen LogP) is 1.26. The summed E-state index contributed by atoms with van der Waals surface area (Å²) in [5.74, 6) is 0.243. The van der Waals surface area contributed by atoms with Crippen LogP contribution < -0.4 is 5.73 Å². The van der Waals surface area contributed by atoms with Crippen molar-refractivity contribution in [1.29, 1.82) is 5.26 Å². The van der Waals surface area contributed by atoms with Crippen molar-refractivity contribution in [3.05, 3.63) is 0 Å². The first-order valence-electron chi connectivity index (χ1n) is 5.86. The molecule has 0 aromatic rings. The first kappa shape index (κ1) is 13.0. The maximum atomic E-state index is 12.0. The molecule has 0 heterocycles. The van der Waals surface area contributed by atoms with Crippen molar-refractivity contribution in [3.63, 3.8) is 0 Å². The van der Waals surface area contributed by atoms with Gasteiger partial charge in [0.25, 0.3) is 0 Å². The van der Waals surface area contributed by atoms with Gasteiger partial charge in [-0.15, -0.1) is 0 Å². The third-order valence-electron chi connectivity index (χ3n) is 3.57. The van der Waals surface area contributed by atoms with Crippen molar-refractivity contribution in [2.24, 2.45) is 11.7 Å². The van der Waals surface area contributed by atoms with E-state index in [4.69, 9.17) is 11.0 Å². The van der Waals surface area contributed by atoms with Crippen LogP contribution >= 0.6 is 0 Å². The van der Waals surface area contributed by atoms with Crippen LogP contribution in [0.5, 0.6) is 0 Å². The first-order chi connectivity index (χ1) is 7.39. The summed E-state index contributed by atoms with van der Waals surface area (Å²) in [5.41, 5.74) is 5.17. The third-order valence-corrected chi connectivity index (χ3v) is 3.57. The summed E-state index contributed by atoms with van der Waals surface area (Å²) in [6.45, 7) is 4.01. The van der Waals surface area contributed by atoms with Crippen LogP contribution in [0, 0.1) is 17.2 Å². The predicted molar refractivity (Wildman–Crippen MR) is 62.4 cm³/mol. The number of hydrogen-bond acceptors (Lipinski definition) is 3. The van der Waals surface area contributed by atoms with Gasteiger partial charge in [0, 0.05) is 19.0 Å². The molecule has 1 aliphatic rings. The van der Waals surface area contributed by atoms with Gasteiger partial charge < -0.3 is 10.6 Å². The van der Waals surface area contributed by atoms with Gasteiger partial charge in [-0.3, -0.25) is 4.79 Å². The van der Waals surface area contributed by atoms with Gasteiger partial charge in [-0.2, -0.15) is 5.26 Å². The number of amides is 1. The largest absolute Gasteiger partial charge is 0.343 e. The van der Waals surface area contributed by atoms with E-state index in [-0.39, 0.29) is 17.9 Å².